The molecule has 0 aromatic rings. The molecule has 2 atom stereocenters. The molecule has 0 spiro atoms. The standard InChI is InChI=1S/C3H8FO5P/c4-10(7,8)9-2-3(6)1-5/h3,5-6H,1-2H2,(H,7,8). The molecule has 0 saturated carbocycles. The molecule has 7 heteroatoms. The van der Waals surface area contributed by atoms with E-state index in [0.717, 1.165) is 0 Å². The van der Waals surface area contributed by atoms with Crippen molar-refractivity contribution in [2.45, 2.75) is 6.10 Å². The molecule has 0 amide bonds. The van der Waals surface area contributed by atoms with E-state index in [9.17, 15) is 8.76 Å². The van der Waals surface area contributed by atoms with Crippen molar-refractivity contribution < 1.29 is 28.4 Å². The minimum absolute atomic E-state index is 0.639. The van der Waals surface area contributed by atoms with Gasteiger partial charge in [0.1, 0.15) is 6.10 Å². The van der Waals surface area contributed by atoms with Crippen LogP contribution in [0.2, 0.25) is 0 Å². The maximum absolute atomic E-state index is 11.6. The molecular formula is C3H8FO5P. The van der Waals surface area contributed by atoms with Crippen LogP contribution in [0, 0.1) is 0 Å². The summed E-state index contributed by atoms with van der Waals surface area (Å²) in [4.78, 5) is 7.84. The van der Waals surface area contributed by atoms with Crippen molar-refractivity contribution in [3.8, 4) is 0 Å². The van der Waals surface area contributed by atoms with Crippen molar-refractivity contribution in [3.63, 3.8) is 0 Å². The molecule has 10 heavy (non-hydrogen) atoms. The number of rotatable bonds is 4. The molecule has 0 aromatic heterocycles. The highest BCUT2D eigenvalue weighted by atomic mass is 31.2. The molecule has 3 N–H and O–H groups in total. The van der Waals surface area contributed by atoms with E-state index >= 15 is 0 Å². The van der Waals surface area contributed by atoms with Gasteiger partial charge in [-0.3, -0.25) is 9.42 Å². The number of aliphatic hydroxyl groups excluding tert-OH is 2. The maximum Gasteiger partial charge on any atom is 0.510 e. The van der Waals surface area contributed by atoms with Crippen molar-refractivity contribution in [1.29, 1.82) is 0 Å². The first-order valence-electron chi connectivity index (χ1n) is 2.41. The van der Waals surface area contributed by atoms with Crippen LogP contribution in [0.5, 0.6) is 0 Å². The number of hydrogen-bond donors (Lipinski definition) is 3. The summed E-state index contributed by atoms with van der Waals surface area (Å²) in [5.74, 6) is 0. The summed E-state index contributed by atoms with van der Waals surface area (Å²) < 4.78 is 24.9. The predicted molar refractivity (Wildman–Crippen MR) is 30.0 cm³/mol. The van der Waals surface area contributed by atoms with Crippen molar-refractivity contribution in [1.82, 2.24) is 0 Å². The monoisotopic (exact) mass is 174 g/mol. The molecule has 62 valence electrons. The Morgan fingerprint density at radius 1 is 1.70 bits per heavy atom. The quantitative estimate of drug-likeness (QED) is 0.496. The fourth-order valence-electron chi connectivity index (χ4n) is 0.231. The zero-order valence-electron chi connectivity index (χ0n) is 4.97. The summed E-state index contributed by atoms with van der Waals surface area (Å²) in [5, 5.41) is 16.6. The van der Waals surface area contributed by atoms with Crippen molar-refractivity contribution in [3.05, 3.63) is 0 Å². The Labute approximate surface area is 56.7 Å². The summed E-state index contributed by atoms with van der Waals surface area (Å²) in [5.41, 5.74) is 0. The Morgan fingerprint density at radius 3 is 2.50 bits per heavy atom. The van der Waals surface area contributed by atoms with Gasteiger partial charge in [0.2, 0.25) is 0 Å². The normalized spacial score (nSPS) is 20.0. The predicted octanol–water partition coefficient (Wildman–Crippen LogP) is -0.574. The molecule has 0 saturated heterocycles. The fourth-order valence-corrected chi connectivity index (χ4v) is 0.587. The van der Waals surface area contributed by atoms with E-state index in [-0.39, 0.29) is 0 Å². The van der Waals surface area contributed by atoms with E-state index in [1.807, 2.05) is 0 Å². The lowest BCUT2D eigenvalue weighted by atomic mass is 10.4. The molecule has 5 nitrogen and oxygen atoms in total. The molecule has 0 aliphatic rings. The molecule has 0 fully saturated rings. The molecule has 0 aromatic carbocycles. The minimum Gasteiger partial charge on any atom is -0.394 e. The second-order valence-corrected chi connectivity index (χ2v) is 2.74. The molecule has 0 aliphatic heterocycles. The van der Waals surface area contributed by atoms with Gasteiger partial charge in [0.05, 0.1) is 13.2 Å². The Bertz CT molecular complexity index is 133. The van der Waals surface area contributed by atoms with Crippen LogP contribution < -0.4 is 0 Å². The Kier molecular flexibility index (Phi) is 4.00. The van der Waals surface area contributed by atoms with Crippen LogP contribution in [0.1, 0.15) is 0 Å². The third kappa shape index (κ3) is 6.12. The van der Waals surface area contributed by atoms with Crippen molar-refractivity contribution >= 4 is 7.91 Å². The highest BCUT2D eigenvalue weighted by molar-refractivity contribution is 7.46. The lowest BCUT2D eigenvalue weighted by molar-refractivity contribution is 0.0456. The molecule has 0 heterocycles. The zero-order chi connectivity index (χ0) is 8.20. The summed E-state index contributed by atoms with van der Waals surface area (Å²) in [6.45, 7) is -1.33. The first-order valence-corrected chi connectivity index (χ1v) is 3.88. The Hall–Kier alpha value is -0.0000000000000000416. The van der Waals surface area contributed by atoms with Gasteiger partial charge in [-0.25, -0.2) is 4.57 Å². The van der Waals surface area contributed by atoms with Crippen LogP contribution in [0.25, 0.3) is 0 Å². The third-order valence-electron chi connectivity index (χ3n) is 0.637. The molecular weight excluding hydrogens is 166 g/mol. The summed E-state index contributed by atoms with van der Waals surface area (Å²) in [6.07, 6.45) is -1.32. The van der Waals surface area contributed by atoms with Gasteiger partial charge in [-0.1, -0.05) is 0 Å². The van der Waals surface area contributed by atoms with Gasteiger partial charge in [0, 0.05) is 0 Å². The third-order valence-corrected chi connectivity index (χ3v) is 1.10. The van der Waals surface area contributed by atoms with Crippen LogP contribution >= 0.6 is 7.91 Å². The molecule has 0 aliphatic carbocycles. The second-order valence-electron chi connectivity index (χ2n) is 1.58. The average molecular weight is 174 g/mol. The first-order chi connectivity index (χ1) is 4.45. The lowest BCUT2D eigenvalue weighted by Gasteiger charge is -2.06. The van der Waals surface area contributed by atoms with Gasteiger partial charge < -0.3 is 10.2 Å². The number of halogens is 1. The van der Waals surface area contributed by atoms with E-state index in [0.29, 0.717) is 0 Å². The lowest BCUT2D eigenvalue weighted by Crippen LogP contribution is -2.17. The molecule has 0 rings (SSSR count). The van der Waals surface area contributed by atoms with E-state index in [2.05, 4.69) is 4.52 Å². The van der Waals surface area contributed by atoms with Gasteiger partial charge in [0.25, 0.3) is 0 Å². The van der Waals surface area contributed by atoms with Gasteiger partial charge in [0.15, 0.2) is 0 Å². The van der Waals surface area contributed by atoms with Crippen LogP contribution in [0.4, 0.5) is 4.20 Å². The highest BCUT2D eigenvalue weighted by Crippen LogP contribution is 2.43. The number of hydrogen-bond acceptors (Lipinski definition) is 4. The highest BCUT2D eigenvalue weighted by Gasteiger charge is 2.18. The largest absolute Gasteiger partial charge is 0.510 e. The van der Waals surface area contributed by atoms with Crippen molar-refractivity contribution in [2.24, 2.45) is 0 Å². The van der Waals surface area contributed by atoms with Crippen LogP contribution in [0.15, 0.2) is 0 Å². The van der Waals surface area contributed by atoms with Crippen LogP contribution in [-0.2, 0) is 9.09 Å². The fraction of sp³-hybridized carbons (Fsp3) is 1.00. The summed E-state index contributed by atoms with van der Waals surface area (Å²) >= 11 is 0. The Morgan fingerprint density at radius 2 is 2.20 bits per heavy atom. The van der Waals surface area contributed by atoms with E-state index in [1.54, 1.807) is 0 Å². The molecule has 0 radical (unpaired) electrons. The van der Waals surface area contributed by atoms with Gasteiger partial charge in [-0.2, -0.15) is 0 Å². The molecule has 0 bridgehead atoms. The van der Waals surface area contributed by atoms with Gasteiger partial charge in [-0.05, 0) is 0 Å². The summed E-state index contributed by atoms with van der Waals surface area (Å²) in [7, 11) is -5.00. The minimum atomic E-state index is -5.00. The van der Waals surface area contributed by atoms with E-state index < -0.39 is 27.2 Å². The van der Waals surface area contributed by atoms with Gasteiger partial charge in [-0.15, -0.1) is 4.20 Å². The smallest absolute Gasteiger partial charge is 0.394 e. The van der Waals surface area contributed by atoms with E-state index in [4.69, 9.17) is 15.1 Å². The Balaban J connectivity index is 3.46. The van der Waals surface area contributed by atoms with Crippen LogP contribution in [0.3, 0.4) is 0 Å². The van der Waals surface area contributed by atoms with Gasteiger partial charge >= 0.3 is 7.91 Å². The first kappa shape index (κ1) is 10.0. The van der Waals surface area contributed by atoms with Crippen LogP contribution in [-0.4, -0.2) is 34.4 Å². The second kappa shape index (κ2) is 4.00. The van der Waals surface area contributed by atoms with E-state index in [1.165, 1.54) is 0 Å². The van der Waals surface area contributed by atoms with Crippen molar-refractivity contribution in [2.75, 3.05) is 13.2 Å². The number of aliphatic hydroxyl groups is 2. The maximum atomic E-state index is 11.6. The molecule has 2 unspecified atom stereocenters. The SMILES string of the molecule is O=P(O)(F)OCC(O)CO. The summed E-state index contributed by atoms with van der Waals surface area (Å²) in [6, 6.07) is 0. The average Bonchev–Trinajstić information content (AvgIpc) is 1.81. The zero-order valence-corrected chi connectivity index (χ0v) is 5.87. The topological polar surface area (TPSA) is 87.0 Å².